The first-order valence-electron chi connectivity index (χ1n) is 4.86. The van der Waals surface area contributed by atoms with Gasteiger partial charge in [-0.15, -0.1) is 0 Å². The number of sulfonamides is 1. The van der Waals surface area contributed by atoms with Gasteiger partial charge in [0.1, 0.15) is 0 Å². The number of alkyl halides is 2. The summed E-state index contributed by atoms with van der Waals surface area (Å²) in [6.07, 6.45) is 1.84. The Hall–Kier alpha value is -0.270. The van der Waals surface area contributed by atoms with Crippen molar-refractivity contribution in [2.45, 2.75) is 25.0 Å². The van der Waals surface area contributed by atoms with Crippen LogP contribution >= 0.6 is 0 Å². The lowest BCUT2D eigenvalue weighted by molar-refractivity contribution is 0.182. The minimum Gasteiger partial charge on any atom is -0.396 e. The van der Waals surface area contributed by atoms with Gasteiger partial charge in [-0.05, 0) is 25.2 Å². The minimum absolute atomic E-state index is 0.00252. The second-order valence-corrected chi connectivity index (χ2v) is 5.59. The van der Waals surface area contributed by atoms with Crippen LogP contribution in [-0.2, 0) is 10.0 Å². The predicted molar refractivity (Wildman–Crippen MR) is 50.9 cm³/mol. The molecule has 1 fully saturated rings. The van der Waals surface area contributed by atoms with Crippen molar-refractivity contribution in [2.24, 2.45) is 5.92 Å². The zero-order valence-corrected chi connectivity index (χ0v) is 9.09. The molecule has 0 aromatic heterocycles. The molecule has 1 aliphatic rings. The van der Waals surface area contributed by atoms with Gasteiger partial charge in [-0.1, -0.05) is 0 Å². The van der Waals surface area contributed by atoms with Crippen molar-refractivity contribution in [1.29, 1.82) is 0 Å². The smallest absolute Gasteiger partial charge is 0.350 e. The molecule has 7 heteroatoms. The van der Waals surface area contributed by atoms with E-state index < -0.39 is 15.8 Å². The van der Waals surface area contributed by atoms with Gasteiger partial charge in [-0.3, -0.25) is 0 Å². The maximum absolute atomic E-state index is 12.2. The lowest BCUT2D eigenvalue weighted by Gasteiger charge is -2.31. The number of piperidine rings is 1. The molecular formula is C8H15F2NO3S. The number of hydrogen-bond donors (Lipinski definition) is 1. The Morgan fingerprint density at radius 1 is 1.47 bits per heavy atom. The minimum atomic E-state index is -4.43. The van der Waals surface area contributed by atoms with Crippen LogP contribution in [0.5, 0.6) is 0 Å². The summed E-state index contributed by atoms with van der Waals surface area (Å²) in [5.41, 5.74) is 0. The summed E-state index contributed by atoms with van der Waals surface area (Å²) in [6, 6.07) is 0. The van der Waals surface area contributed by atoms with Crippen LogP contribution in [0.1, 0.15) is 19.3 Å². The van der Waals surface area contributed by atoms with Gasteiger partial charge in [-0.2, -0.15) is 13.1 Å². The molecule has 0 spiro atoms. The SMILES string of the molecule is O=S(=O)(C(F)F)N1CCCC(CCO)C1. The molecule has 0 aliphatic carbocycles. The zero-order valence-electron chi connectivity index (χ0n) is 8.27. The van der Waals surface area contributed by atoms with E-state index in [4.69, 9.17) is 5.11 Å². The van der Waals surface area contributed by atoms with Gasteiger partial charge in [0.25, 0.3) is 10.0 Å². The maximum atomic E-state index is 12.2. The molecule has 0 amide bonds. The third-order valence-corrected chi connectivity index (χ3v) is 4.11. The molecule has 1 N–H and O–H groups in total. The van der Waals surface area contributed by atoms with E-state index >= 15 is 0 Å². The first kappa shape index (κ1) is 12.8. The lowest BCUT2D eigenvalue weighted by atomic mass is 9.97. The van der Waals surface area contributed by atoms with Crippen LogP contribution in [-0.4, -0.2) is 43.3 Å². The van der Waals surface area contributed by atoms with Crippen molar-refractivity contribution in [3.8, 4) is 0 Å². The van der Waals surface area contributed by atoms with Gasteiger partial charge in [-0.25, -0.2) is 8.42 Å². The third-order valence-electron chi connectivity index (χ3n) is 2.60. The molecule has 15 heavy (non-hydrogen) atoms. The standard InChI is InChI=1S/C8H15F2NO3S/c9-8(10)15(13,14)11-4-1-2-7(6-11)3-5-12/h7-8,12H,1-6H2. The zero-order chi connectivity index (χ0) is 11.5. The molecule has 0 radical (unpaired) electrons. The van der Waals surface area contributed by atoms with Crippen LogP contribution in [0, 0.1) is 5.92 Å². The Bertz CT molecular complexity index is 292. The summed E-state index contributed by atoms with van der Waals surface area (Å²) >= 11 is 0. The monoisotopic (exact) mass is 243 g/mol. The van der Waals surface area contributed by atoms with Crippen LogP contribution in [0.25, 0.3) is 0 Å². The summed E-state index contributed by atoms with van der Waals surface area (Å²) in [6.45, 7) is 0.231. The van der Waals surface area contributed by atoms with E-state index in [-0.39, 0.29) is 25.6 Å². The van der Waals surface area contributed by atoms with Crippen molar-refractivity contribution in [1.82, 2.24) is 4.31 Å². The van der Waals surface area contributed by atoms with E-state index in [9.17, 15) is 17.2 Å². The van der Waals surface area contributed by atoms with Crippen molar-refractivity contribution < 1.29 is 22.3 Å². The van der Waals surface area contributed by atoms with Gasteiger partial charge in [0.2, 0.25) is 0 Å². The van der Waals surface area contributed by atoms with E-state index in [1.54, 1.807) is 0 Å². The average Bonchev–Trinajstić information content (AvgIpc) is 2.18. The molecule has 4 nitrogen and oxygen atoms in total. The molecule has 0 aromatic rings. The van der Waals surface area contributed by atoms with E-state index in [1.165, 1.54) is 0 Å². The summed E-state index contributed by atoms with van der Waals surface area (Å²) < 4.78 is 47.6. The van der Waals surface area contributed by atoms with Crippen molar-refractivity contribution in [3.63, 3.8) is 0 Å². The highest BCUT2D eigenvalue weighted by molar-refractivity contribution is 7.89. The first-order valence-corrected chi connectivity index (χ1v) is 6.36. The van der Waals surface area contributed by atoms with E-state index in [1.807, 2.05) is 0 Å². The number of nitrogens with zero attached hydrogens (tertiary/aromatic N) is 1. The molecule has 1 atom stereocenters. The molecule has 0 bridgehead atoms. The Labute approximate surface area is 87.9 Å². The topological polar surface area (TPSA) is 57.6 Å². The average molecular weight is 243 g/mol. The van der Waals surface area contributed by atoms with Crippen molar-refractivity contribution in [3.05, 3.63) is 0 Å². The van der Waals surface area contributed by atoms with Crippen LogP contribution < -0.4 is 0 Å². The van der Waals surface area contributed by atoms with Crippen molar-refractivity contribution in [2.75, 3.05) is 19.7 Å². The number of hydrogen-bond acceptors (Lipinski definition) is 3. The largest absolute Gasteiger partial charge is 0.396 e. The molecule has 0 aromatic carbocycles. The fraction of sp³-hybridized carbons (Fsp3) is 1.00. The fourth-order valence-corrected chi connectivity index (χ4v) is 2.82. The summed E-state index contributed by atoms with van der Waals surface area (Å²) in [5, 5.41) is 8.70. The fourth-order valence-electron chi connectivity index (χ4n) is 1.79. The summed E-state index contributed by atoms with van der Waals surface area (Å²) in [5.74, 6) is -3.34. The Kier molecular flexibility index (Phi) is 4.42. The number of halogens is 2. The molecule has 1 rings (SSSR count). The van der Waals surface area contributed by atoms with Gasteiger partial charge in [0, 0.05) is 19.7 Å². The predicted octanol–water partition coefficient (Wildman–Crippen LogP) is 0.633. The van der Waals surface area contributed by atoms with E-state index in [0.29, 0.717) is 12.8 Å². The number of rotatable bonds is 4. The van der Waals surface area contributed by atoms with Crippen LogP contribution in [0.3, 0.4) is 0 Å². The molecule has 0 saturated carbocycles. The summed E-state index contributed by atoms with van der Waals surface area (Å²) in [7, 11) is -4.43. The Morgan fingerprint density at radius 2 is 2.13 bits per heavy atom. The molecule has 1 aliphatic heterocycles. The highest BCUT2D eigenvalue weighted by atomic mass is 32.2. The molecule has 1 unspecified atom stereocenters. The van der Waals surface area contributed by atoms with E-state index in [0.717, 1.165) is 10.7 Å². The lowest BCUT2D eigenvalue weighted by Crippen LogP contribution is -2.42. The Morgan fingerprint density at radius 3 is 2.67 bits per heavy atom. The third kappa shape index (κ3) is 3.09. The Balaban J connectivity index is 2.64. The van der Waals surface area contributed by atoms with Gasteiger partial charge < -0.3 is 5.11 Å². The van der Waals surface area contributed by atoms with E-state index in [2.05, 4.69) is 0 Å². The summed E-state index contributed by atoms with van der Waals surface area (Å²) in [4.78, 5) is 0. The second-order valence-electron chi connectivity index (χ2n) is 3.68. The van der Waals surface area contributed by atoms with Crippen LogP contribution in [0.2, 0.25) is 0 Å². The number of aliphatic hydroxyl groups excluding tert-OH is 1. The first-order chi connectivity index (χ1) is 6.98. The second kappa shape index (κ2) is 5.18. The highest BCUT2D eigenvalue weighted by Gasteiger charge is 2.35. The normalized spacial score (nSPS) is 24.7. The number of aliphatic hydroxyl groups is 1. The van der Waals surface area contributed by atoms with Gasteiger partial charge in [0.15, 0.2) is 0 Å². The quantitative estimate of drug-likeness (QED) is 0.788. The molecular weight excluding hydrogens is 228 g/mol. The van der Waals surface area contributed by atoms with Gasteiger partial charge in [0.05, 0.1) is 0 Å². The molecule has 1 heterocycles. The van der Waals surface area contributed by atoms with Gasteiger partial charge >= 0.3 is 5.76 Å². The maximum Gasteiger partial charge on any atom is 0.350 e. The van der Waals surface area contributed by atoms with Crippen LogP contribution in [0.15, 0.2) is 0 Å². The van der Waals surface area contributed by atoms with Crippen LogP contribution in [0.4, 0.5) is 8.78 Å². The van der Waals surface area contributed by atoms with Crippen molar-refractivity contribution >= 4 is 10.0 Å². The molecule has 1 saturated heterocycles. The highest BCUT2D eigenvalue weighted by Crippen LogP contribution is 2.23. The molecule has 90 valence electrons.